The second-order valence-corrected chi connectivity index (χ2v) is 4.37. The van der Waals surface area contributed by atoms with Gasteiger partial charge in [0.15, 0.2) is 0 Å². The van der Waals surface area contributed by atoms with Gasteiger partial charge >= 0.3 is 5.97 Å². The van der Waals surface area contributed by atoms with Crippen molar-refractivity contribution in [1.29, 1.82) is 0 Å². The van der Waals surface area contributed by atoms with E-state index >= 15 is 0 Å². The zero-order valence-electron chi connectivity index (χ0n) is 10.1. The van der Waals surface area contributed by atoms with Crippen LogP contribution in [0, 0.1) is 0 Å². The van der Waals surface area contributed by atoms with Crippen LogP contribution in [0.2, 0.25) is 0 Å². The topological polar surface area (TPSA) is 85.5 Å². The minimum Gasteiger partial charge on any atom is -0.481 e. The van der Waals surface area contributed by atoms with Gasteiger partial charge in [-0.05, 0) is 23.3 Å². The summed E-state index contributed by atoms with van der Waals surface area (Å²) in [6.07, 6.45) is 0.232. The molecule has 2 heterocycles. The Morgan fingerprint density at radius 3 is 2.95 bits per heavy atom. The number of nitrogens with zero attached hydrogens (tertiary/aromatic N) is 2. The second-order valence-electron chi connectivity index (χ2n) is 4.37. The first-order valence-electron chi connectivity index (χ1n) is 5.96. The molecule has 0 saturated carbocycles. The van der Waals surface area contributed by atoms with Crippen LogP contribution >= 0.6 is 0 Å². The first-order chi connectivity index (χ1) is 9.22. The number of benzene rings is 1. The Kier molecular flexibility index (Phi) is 3.00. The van der Waals surface area contributed by atoms with Crippen LogP contribution in [-0.2, 0) is 29.2 Å². The Balaban J connectivity index is 1.80. The van der Waals surface area contributed by atoms with E-state index in [1.807, 2.05) is 18.2 Å². The maximum atomic E-state index is 10.5. The molecule has 2 aromatic rings. The summed E-state index contributed by atoms with van der Waals surface area (Å²) in [5.74, 6) is -0.126. The van der Waals surface area contributed by atoms with Gasteiger partial charge in [0.1, 0.15) is 0 Å². The van der Waals surface area contributed by atoms with Crippen molar-refractivity contribution in [2.24, 2.45) is 0 Å². The molecule has 19 heavy (non-hydrogen) atoms. The van der Waals surface area contributed by atoms with E-state index < -0.39 is 5.97 Å². The van der Waals surface area contributed by atoms with Crippen molar-refractivity contribution in [3.05, 3.63) is 35.2 Å². The van der Waals surface area contributed by atoms with Gasteiger partial charge in [-0.25, -0.2) is 0 Å². The highest BCUT2D eigenvalue weighted by Crippen LogP contribution is 2.26. The van der Waals surface area contributed by atoms with Crippen molar-refractivity contribution in [3.8, 4) is 11.5 Å². The van der Waals surface area contributed by atoms with E-state index in [0.717, 1.165) is 11.1 Å². The van der Waals surface area contributed by atoms with Crippen LogP contribution in [0.3, 0.4) is 0 Å². The maximum Gasteiger partial charge on any atom is 0.303 e. The number of ether oxygens (including phenoxy) is 1. The summed E-state index contributed by atoms with van der Waals surface area (Å²) in [5.41, 5.74) is 3.13. The van der Waals surface area contributed by atoms with Gasteiger partial charge < -0.3 is 14.3 Å². The molecule has 0 radical (unpaired) electrons. The average Bonchev–Trinajstić information content (AvgIpc) is 3.04. The van der Waals surface area contributed by atoms with Gasteiger partial charge in [0.05, 0.1) is 19.6 Å². The molecule has 0 spiro atoms. The van der Waals surface area contributed by atoms with Gasteiger partial charge in [0, 0.05) is 12.0 Å². The maximum absolute atomic E-state index is 10.5. The highest BCUT2D eigenvalue weighted by atomic mass is 16.5. The smallest absolute Gasteiger partial charge is 0.303 e. The zero-order valence-corrected chi connectivity index (χ0v) is 10.1. The number of aromatic nitrogens is 2. The lowest BCUT2D eigenvalue weighted by atomic mass is 10.1. The van der Waals surface area contributed by atoms with Crippen LogP contribution in [0.1, 0.15) is 23.4 Å². The van der Waals surface area contributed by atoms with E-state index in [9.17, 15) is 4.79 Å². The summed E-state index contributed by atoms with van der Waals surface area (Å²) in [6, 6.07) is 5.86. The molecule has 3 rings (SSSR count). The molecule has 0 bridgehead atoms. The van der Waals surface area contributed by atoms with Crippen LogP contribution in [-0.4, -0.2) is 21.3 Å². The van der Waals surface area contributed by atoms with Crippen molar-refractivity contribution in [2.45, 2.75) is 26.1 Å². The minimum atomic E-state index is -0.880. The van der Waals surface area contributed by atoms with Crippen molar-refractivity contribution < 1.29 is 19.1 Å². The summed E-state index contributed by atoms with van der Waals surface area (Å²) in [5, 5.41) is 16.4. The summed E-state index contributed by atoms with van der Waals surface area (Å²) >= 11 is 0. The molecule has 6 heteroatoms. The highest BCUT2D eigenvalue weighted by Gasteiger charge is 2.15. The Labute approximate surface area is 109 Å². The third kappa shape index (κ3) is 2.48. The summed E-state index contributed by atoms with van der Waals surface area (Å²) in [7, 11) is 0. The number of carboxylic acids is 1. The molecule has 0 fully saturated rings. The summed E-state index contributed by atoms with van der Waals surface area (Å²) < 4.78 is 10.8. The van der Waals surface area contributed by atoms with Crippen molar-refractivity contribution in [2.75, 3.05) is 0 Å². The van der Waals surface area contributed by atoms with E-state index in [1.165, 1.54) is 5.56 Å². The quantitative estimate of drug-likeness (QED) is 0.901. The number of aryl methyl sites for hydroxylation is 1. The van der Waals surface area contributed by atoms with Gasteiger partial charge in [-0.3, -0.25) is 4.79 Å². The second kappa shape index (κ2) is 4.81. The molecule has 0 unspecified atom stereocenters. The number of hydrogen-bond acceptors (Lipinski definition) is 5. The fraction of sp³-hybridized carbons (Fsp3) is 0.308. The molecular weight excluding hydrogens is 248 g/mol. The van der Waals surface area contributed by atoms with E-state index in [4.69, 9.17) is 14.3 Å². The lowest BCUT2D eigenvalue weighted by Gasteiger charge is -1.99. The monoisotopic (exact) mass is 260 g/mol. The fourth-order valence-corrected chi connectivity index (χ4v) is 1.99. The van der Waals surface area contributed by atoms with E-state index in [2.05, 4.69) is 10.2 Å². The van der Waals surface area contributed by atoms with Gasteiger partial charge in [0.25, 0.3) is 0 Å². The predicted molar refractivity (Wildman–Crippen MR) is 64.2 cm³/mol. The number of aliphatic carboxylic acids is 1. The number of hydrogen-bond donors (Lipinski definition) is 1. The third-order valence-electron chi connectivity index (χ3n) is 2.99. The Hall–Kier alpha value is -2.21. The molecule has 1 aromatic carbocycles. The molecule has 1 aromatic heterocycles. The number of carbonyl (C=O) groups is 1. The van der Waals surface area contributed by atoms with Gasteiger partial charge in [-0.1, -0.05) is 6.07 Å². The third-order valence-corrected chi connectivity index (χ3v) is 2.99. The van der Waals surface area contributed by atoms with Crippen LogP contribution in [0.25, 0.3) is 11.5 Å². The molecule has 6 nitrogen and oxygen atoms in total. The van der Waals surface area contributed by atoms with Gasteiger partial charge in [-0.15, -0.1) is 10.2 Å². The highest BCUT2D eigenvalue weighted by molar-refractivity contribution is 5.66. The lowest BCUT2D eigenvalue weighted by molar-refractivity contribution is -0.137. The van der Waals surface area contributed by atoms with E-state index in [1.54, 1.807) is 0 Å². The van der Waals surface area contributed by atoms with Crippen LogP contribution < -0.4 is 0 Å². The molecule has 1 aliphatic rings. The molecule has 0 atom stereocenters. The molecule has 98 valence electrons. The van der Waals surface area contributed by atoms with Gasteiger partial charge in [0.2, 0.25) is 11.8 Å². The number of carboxylic acid groups (broad SMARTS) is 1. The largest absolute Gasteiger partial charge is 0.481 e. The minimum absolute atomic E-state index is 0.0142. The van der Waals surface area contributed by atoms with Crippen molar-refractivity contribution in [3.63, 3.8) is 0 Å². The molecule has 0 aliphatic carbocycles. The Morgan fingerprint density at radius 1 is 1.26 bits per heavy atom. The normalized spacial score (nSPS) is 13.5. The lowest BCUT2D eigenvalue weighted by Crippen LogP contribution is -1.97. The average molecular weight is 260 g/mol. The number of rotatable bonds is 4. The Morgan fingerprint density at radius 2 is 2.11 bits per heavy atom. The predicted octanol–water partition coefficient (Wildman–Crippen LogP) is 1.78. The number of fused-ring (bicyclic) bond motifs is 1. The molecule has 1 N–H and O–H groups in total. The zero-order chi connectivity index (χ0) is 13.2. The Bertz CT molecular complexity index is 621. The first-order valence-corrected chi connectivity index (χ1v) is 5.96. The van der Waals surface area contributed by atoms with E-state index in [0.29, 0.717) is 25.0 Å². The molecule has 0 amide bonds. The van der Waals surface area contributed by atoms with Crippen LogP contribution in [0.4, 0.5) is 0 Å². The van der Waals surface area contributed by atoms with Crippen LogP contribution in [0.15, 0.2) is 22.6 Å². The fourth-order valence-electron chi connectivity index (χ4n) is 1.99. The molecular formula is C13H12N2O4. The first kappa shape index (κ1) is 11.9. The molecule has 0 saturated heterocycles. The standard InChI is InChI=1S/C13H12N2O4/c16-12(17)4-3-11-14-15-13(19-11)8-1-2-9-6-18-7-10(9)5-8/h1-2,5H,3-4,6-7H2,(H,16,17). The van der Waals surface area contributed by atoms with E-state index in [-0.39, 0.29) is 12.8 Å². The van der Waals surface area contributed by atoms with Crippen molar-refractivity contribution in [1.82, 2.24) is 10.2 Å². The van der Waals surface area contributed by atoms with Crippen LogP contribution in [0.5, 0.6) is 0 Å². The summed E-state index contributed by atoms with van der Waals surface area (Å²) in [4.78, 5) is 10.5. The summed E-state index contributed by atoms with van der Waals surface area (Å²) in [6.45, 7) is 1.24. The van der Waals surface area contributed by atoms with Crippen molar-refractivity contribution >= 4 is 5.97 Å². The molecule has 1 aliphatic heterocycles. The van der Waals surface area contributed by atoms with Gasteiger partial charge in [-0.2, -0.15) is 0 Å². The SMILES string of the molecule is O=C(O)CCc1nnc(-c2ccc3c(c2)COC3)o1.